The topological polar surface area (TPSA) is 29.9 Å². The fourth-order valence-electron chi connectivity index (χ4n) is 4.79. The van der Waals surface area contributed by atoms with E-state index in [0.29, 0.717) is 23.9 Å². The Labute approximate surface area is 181 Å². The van der Waals surface area contributed by atoms with E-state index in [1.807, 2.05) is 0 Å². The number of benzene rings is 2. The molecule has 0 spiro atoms. The Morgan fingerprint density at radius 3 is 2.17 bits per heavy atom. The van der Waals surface area contributed by atoms with Gasteiger partial charge in [0.05, 0.1) is 11.7 Å². The van der Waals surface area contributed by atoms with Crippen LogP contribution in [-0.4, -0.2) is 15.8 Å². The summed E-state index contributed by atoms with van der Waals surface area (Å²) in [6.07, 6.45) is 7.09. The first-order valence-corrected chi connectivity index (χ1v) is 11.5. The lowest BCUT2D eigenvalue weighted by Gasteiger charge is -2.35. The summed E-state index contributed by atoms with van der Waals surface area (Å²) in [5, 5.41) is 9.01. The van der Waals surface area contributed by atoms with Crippen LogP contribution in [0.1, 0.15) is 82.4 Å². The largest absolute Gasteiger partial charge is 0.380 e. The van der Waals surface area contributed by atoms with Gasteiger partial charge in [0.15, 0.2) is 0 Å². The average Bonchev–Trinajstić information content (AvgIpc) is 3.24. The summed E-state index contributed by atoms with van der Waals surface area (Å²) in [6, 6.07) is 20.2. The molecule has 1 N–H and O–H groups in total. The maximum absolute atomic E-state index is 4.99. The predicted molar refractivity (Wildman–Crippen MR) is 127 cm³/mol. The minimum absolute atomic E-state index is 0.386. The zero-order valence-electron chi connectivity index (χ0n) is 18.8. The maximum Gasteiger partial charge on any atom is 0.0923 e. The summed E-state index contributed by atoms with van der Waals surface area (Å²) in [4.78, 5) is 0. The monoisotopic (exact) mass is 401 g/mol. The number of rotatable bonds is 6. The molecule has 3 nitrogen and oxygen atoms in total. The van der Waals surface area contributed by atoms with Crippen LogP contribution < -0.4 is 5.32 Å². The van der Waals surface area contributed by atoms with Crippen molar-refractivity contribution in [2.75, 3.05) is 5.32 Å². The van der Waals surface area contributed by atoms with E-state index in [9.17, 15) is 0 Å². The fraction of sp³-hybridized carbons (Fsp3) is 0.444. The quantitative estimate of drug-likeness (QED) is 0.466. The Morgan fingerprint density at radius 1 is 0.833 bits per heavy atom. The first-order valence-electron chi connectivity index (χ1n) is 11.5. The number of anilines is 1. The molecule has 0 saturated heterocycles. The molecule has 1 heterocycles. The van der Waals surface area contributed by atoms with Gasteiger partial charge in [-0.1, -0.05) is 89.1 Å². The molecule has 3 heteroatoms. The number of para-hydroxylation sites is 1. The van der Waals surface area contributed by atoms with Crippen molar-refractivity contribution in [1.82, 2.24) is 9.78 Å². The van der Waals surface area contributed by atoms with Crippen molar-refractivity contribution in [2.24, 2.45) is 0 Å². The Bertz CT molecular complexity index is 929. The van der Waals surface area contributed by atoms with Crippen molar-refractivity contribution < 1.29 is 0 Å². The van der Waals surface area contributed by atoms with Crippen LogP contribution in [0.25, 0.3) is 11.3 Å². The molecule has 1 saturated carbocycles. The summed E-state index contributed by atoms with van der Waals surface area (Å²) in [5.41, 5.74) is 6.45. The van der Waals surface area contributed by atoms with Gasteiger partial charge in [0.25, 0.3) is 0 Å². The summed E-state index contributed by atoms with van der Waals surface area (Å²) < 4.78 is 2.21. The van der Waals surface area contributed by atoms with Gasteiger partial charge in [0.2, 0.25) is 0 Å². The van der Waals surface area contributed by atoms with Gasteiger partial charge in [-0.3, -0.25) is 4.68 Å². The van der Waals surface area contributed by atoms with Crippen molar-refractivity contribution in [3.05, 3.63) is 71.9 Å². The van der Waals surface area contributed by atoms with Crippen LogP contribution in [0, 0.1) is 0 Å². The second kappa shape index (κ2) is 9.07. The van der Waals surface area contributed by atoms with Crippen LogP contribution in [-0.2, 0) is 0 Å². The van der Waals surface area contributed by atoms with Gasteiger partial charge < -0.3 is 5.32 Å². The molecule has 1 aromatic heterocycles. The molecule has 3 aromatic rings. The van der Waals surface area contributed by atoms with Crippen LogP contribution >= 0.6 is 0 Å². The van der Waals surface area contributed by atoms with E-state index in [-0.39, 0.29) is 0 Å². The standard InChI is InChI=1S/C27H35N3/c1-19(2)22-13-10-14-23(20(3)4)27(22)28-25-15-8-9-16-26(25)30-18-17-24(29-30)21-11-6-5-7-12-21/h5-7,10-14,17-20,25-26,28H,8-9,15-16H2,1-4H3/t25-,26-/m0/s1. The van der Waals surface area contributed by atoms with Crippen LogP contribution in [0.3, 0.4) is 0 Å². The molecule has 1 fully saturated rings. The minimum atomic E-state index is 0.386. The molecule has 1 aliphatic carbocycles. The van der Waals surface area contributed by atoms with Gasteiger partial charge in [-0.2, -0.15) is 5.10 Å². The molecule has 1 aliphatic rings. The lowest BCUT2D eigenvalue weighted by Crippen LogP contribution is -2.35. The van der Waals surface area contributed by atoms with Crippen molar-refractivity contribution in [2.45, 2.75) is 77.3 Å². The third-order valence-electron chi connectivity index (χ3n) is 6.45. The van der Waals surface area contributed by atoms with Crippen molar-refractivity contribution in [3.63, 3.8) is 0 Å². The van der Waals surface area contributed by atoms with Gasteiger partial charge in [-0.05, 0) is 41.9 Å². The molecule has 4 rings (SSSR count). The zero-order chi connectivity index (χ0) is 21.1. The highest BCUT2D eigenvalue weighted by Crippen LogP contribution is 2.37. The third-order valence-corrected chi connectivity index (χ3v) is 6.45. The highest BCUT2D eigenvalue weighted by Gasteiger charge is 2.29. The maximum atomic E-state index is 4.99. The number of nitrogens with one attached hydrogen (secondary N) is 1. The summed E-state index contributed by atoms with van der Waals surface area (Å²) in [7, 11) is 0. The Balaban J connectivity index is 1.64. The molecule has 0 radical (unpaired) electrons. The van der Waals surface area contributed by atoms with E-state index in [0.717, 1.165) is 5.69 Å². The molecule has 0 unspecified atom stereocenters. The second-order valence-corrected chi connectivity index (χ2v) is 9.27. The molecular formula is C27H35N3. The van der Waals surface area contributed by atoms with Crippen LogP contribution in [0.4, 0.5) is 5.69 Å². The Hall–Kier alpha value is -2.55. The molecule has 0 aliphatic heterocycles. The molecule has 2 aromatic carbocycles. The van der Waals surface area contributed by atoms with E-state index >= 15 is 0 Å². The number of nitrogens with zero attached hydrogens (tertiary/aromatic N) is 2. The molecule has 158 valence electrons. The van der Waals surface area contributed by atoms with Gasteiger partial charge in [0.1, 0.15) is 0 Å². The van der Waals surface area contributed by atoms with Gasteiger partial charge in [-0.15, -0.1) is 0 Å². The van der Waals surface area contributed by atoms with Crippen LogP contribution in [0.2, 0.25) is 0 Å². The van der Waals surface area contributed by atoms with Gasteiger partial charge in [0, 0.05) is 23.5 Å². The Kier molecular flexibility index (Phi) is 6.26. The lowest BCUT2D eigenvalue weighted by molar-refractivity contribution is 0.301. The van der Waals surface area contributed by atoms with E-state index in [1.165, 1.54) is 48.1 Å². The molecule has 2 atom stereocenters. The van der Waals surface area contributed by atoms with E-state index in [4.69, 9.17) is 5.10 Å². The van der Waals surface area contributed by atoms with Gasteiger partial charge >= 0.3 is 0 Å². The second-order valence-electron chi connectivity index (χ2n) is 9.27. The summed E-state index contributed by atoms with van der Waals surface area (Å²) in [5.74, 6) is 1.00. The molecule has 0 amide bonds. The first-order chi connectivity index (χ1) is 14.5. The SMILES string of the molecule is CC(C)c1cccc(C(C)C)c1N[C@H]1CCCC[C@@H]1n1ccc(-c2ccccc2)n1. The predicted octanol–water partition coefficient (Wildman–Crippen LogP) is 7.39. The highest BCUT2D eigenvalue weighted by atomic mass is 15.3. The normalized spacial score (nSPS) is 19.4. The first kappa shape index (κ1) is 20.7. The van der Waals surface area contributed by atoms with Gasteiger partial charge in [-0.25, -0.2) is 0 Å². The van der Waals surface area contributed by atoms with Crippen LogP contribution in [0.15, 0.2) is 60.8 Å². The number of aromatic nitrogens is 2. The average molecular weight is 402 g/mol. The van der Waals surface area contributed by atoms with Crippen molar-refractivity contribution in [1.29, 1.82) is 0 Å². The number of hydrogen-bond donors (Lipinski definition) is 1. The smallest absolute Gasteiger partial charge is 0.0923 e. The van der Waals surface area contributed by atoms with Crippen LogP contribution in [0.5, 0.6) is 0 Å². The van der Waals surface area contributed by atoms with E-state index < -0.39 is 0 Å². The lowest BCUT2D eigenvalue weighted by atomic mass is 9.87. The highest BCUT2D eigenvalue weighted by molar-refractivity contribution is 5.61. The summed E-state index contributed by atoms with van der Waals surface area (Å²) in [6.45, 7) is 9.18. The Morgan fingerprint density at radius 2 is 1.50 bits per heavy atom. The number of hydrogen-bond acceptors (Lipinski definition) is 2. The fourth-order valence-corrected chi connectivity index (χ4v) is 4.79. The van der Waals surface area contributed by atoms with E-state index in [1.54, 1.807) is 0 Å². The van der Waals surface area contributed by atoms with Crippen molar-refractivity contribution in [3.8, 4) is 11.3 Å². The van der Waals surface area contributed by atoms with E-state index in [2.05, 4.69) is 98.5 Å². The zero-order valence-corrected chi connectivity index (χ0v) is 18.8. The van der Waals surface area contributed by atoms with Crippen molar-refractivity contribution >= 4 is 5.69 Å². The minimum Gasteiger partial charge on any atom is -0.380 e. The molecular weight excluding hydrogens is 366 g/mol. The molecule has 30 heavy (non-hydrogen) atoms. The third kappa shape index (κ3) is 4.30. The molecule has 0 bridgehead atoms. The summed E-state index contributed by atoms with van der Waals surface area (Å²) >= 11 is 0.